The summed E-state index contributed by atoms with van der Waals surface area (Å²) in [6.45, 7) is 4.51. The van der Waals surface area contributed by atoms with Crippen LogP contribution in [0.4, 0.5) is 5.69 Å². The molecule has 2 aromatic rings. The lowest BCUT2D eigenvalue weighted by Crippen LogP contribution is -3.18. The van der Waals surface area contributed by atoms with Crippen molar-refractivity contribution in [3.8, 4) is 11.5 Å². The fourth-order valence-electron chi connectivity index (χ4n) is 4.35. The first-order valence-electron chi connectivity index (χ1n) is 10.5. The highest BCUT2D eigenvalue weighted by molar-refractivity contribution is 7.80. The summed E-state index contributed by atoms with van der Waals surface area (Å²) >= 11 is 5.66. The number of piperazine rings is 1. The van der Waals surface area contributed by atoms with Crippen LogP contribution in [-0.4, -0.2) is 42.2 Å². The molecule has 4 rings (SSSR count). The lowest BCUT2D eigenvalue weighted by atomic mass is 9.94. The summed E-state index contributed by atoms with van der Waals surface area (Å²) in [5.74, 6) is 1.67. The monoisotopic (exact) mass is 396 g/mol. The van der Waals surface area contributed by atoms with Gasteiger partial charge in [-0.3, -0.25) is 0 Å². The molecule has 0 atom stereocenters. The number of anilines is 1. The summed E-state index contributed by atoms with van der Waals surface area (Å²) in [6, 6.07) is 18.7. The zero-order valence-corrected chi connectivity index (χ0v) is 17.2. The normalized spacial score (nSPS) is 18.6. The molecule has 1 aliphatic heterocycles. The van der Waals surface area contributed by atoms with Crippen molar-refractivity contribution in [3.63, 3.8) is 0 Å². The van der Waals surface area contributed by atoms with Crippen molar-refractivity contribution < 1.29 is 9.64 Å². The fraction of sp³-hybridized carbons (Fsp3) is 0.435. The van der Waals surface area contributed by atoms with Crippen LogP contribution in [0.15, 0.2) is 54.6 Å². The minimum atomic E-state index is 0.826. The van der Waals surface area contributed by atoms with Gasteiger partial charge < -0.3 is 19.9 Å². The van der Waals surface area contributed by atoms with Gasteiger partial charge in [0.2, 0.25) is 0 Å². The van der Waals surface area contributed by atoms with Crippen LogP contribution in [0.2, 0.25) is 0 Å². The number of para-hydroxylation sites is 1. The molecule has 5 heteroatoms. The van der Waals surface area contributed by atoms with Crippen molar-refractivity contribution in [1.82, 2.24) is 4.90 Å². The van der Waals surface area contributed by atoms with Gasteiger partial charge in [0.1, 0.15) is 11.5 Å². The summed E-state index contributed by atoms with van der Waals surface area (Å²) < 4.78 is 5.85. The van der Waals surface area contributed by atoms with Gasteiger partial charge in [0.05, 0.1) is 32.2 Å². The second-order valence-electron chi connectivity index (χ2n) is 7.85. The molecule has 0 spiro atoms. The molecule has 1 heterocycles. The van der Waals surface area contributed by atoms with Crippen LogP contribution in [0, 0.1) is 0 Å². The number of thiocarbonyl (C=S) groups is 1. The van der Waals surface area contributed by atoms with Crippen LogP contribution in [-0.2, 0) is 0 Å². The Bertz CT molecular complexity index is 751. The van der Waals surface area contributed by atoms with Gasteiger partial charge in [0, 0.05) is 5.69 Å². The predicted molar refractivity (Wildman–Crippen MR) is 118 cm³/mol. The summed E-state index contributed by atoms with van der Waals surface area (Å²) in [7, 11) is 0. The van der Waals surface area contributed by atoms with E-state index >= 15 is 0 Å². The molecule has 4 nitrogen and oxygen atoms in total. The van der Waals surface area contributed by atoms with Crippen LogP contribution in [0.3, 0.4) is 0 Å². The Morgan fingerprint density at radius 2 is 1.54 bits per heavy atom. The summed E-state index contributed by atoms with van der Waals surface area (Å²) in [5.41, 5.74) is 1.01. The van der Waals surface area contributed by atoms with E-state index < -0.39 is 0 Å². The van der Waals surface area contributed by atoms with E-state index in [1.54, 1.807) is 4.90 Å². The van der Waals surface area contributed by atoms with Gasteiger partial charge in [-0.15, -0.1) is 0 Å². The SMILES string of the molecule is S=C(Nc1ccc(Oc2ccccc2)cc1)N1CC[NH+](C2CCCCC2)CC1. The van der Waals surface area contributed by atoms with E-state index in [0.29, 0.717) is 0 Å². The van der Waals surface area contributed by atoms with E-state index in [1.807, 2.05) is 54.6 Å². The molecule has 28 heavy (non-hydrogen) atoms. The van der Waals surface area contributed by atoms with Gasteiger partial charge in [0.25, 0.3) is 0 Å². The molecule has 0 aromatic heterocycles. The van der Waals surface area contributed by atoms with Gasteiger partial charge >= 0.3 is 0 Å². The van der Waals surface area contributed by atoms with Crippen LogP contribution in [0.25, 0.3) is 0 Å². The molecule has 0 unspecified atom stereocenters. The van der Waals surface area contributed by atoms with Crippen molar-refractivity contribution in [1.29, 1.82) is 0 Å². The Kier molecular flexibility index (Phi) is 6.45. The smallest absolute Gasteiger partial charge is 0.173 e. The number of benzene rings is 2. The van der Waals surface area contributed by atoms with Gasteiger partial charge in [-0.2, -0.15) is 0 Å². The second kappa shape index (κ2) is 9.39. The first-order valence-corrected chi connectivity index (χ1v) is 10.9. The third-order valence-electron chi connectivity index (χ3n) is 5.96. The highest BCUT2D eigenvalue weighted by atomic mass is 32.1. The quantitative estimate of drug-likeness (QED) is 0.771. The van der Waals surface area contributed by atoms with Crippen molar-refractivity contribution in [2.24, 2.45) is 0 Å². The van der Waals surface area contributed by atoms with Gasteiger partial charge in [-0.05, 0) is 74.3 Å². The maximum Gasteiger partial charge on any atom is 0.173 e. The third-order valence-corrected chi connectivity index (χ3v) is 6.32. The molecule has 0 bridgehead atoms. The second-order valence-corrected chi connectivity index (χ2v) is 8.24. The maximum atomic E-state index is 5.85. The number of hydrogen-bond acceptors (Lipinski definition) is 2. The van der Waals surface area contributed by atoms with E-state index in [-0.39, 0.29) is 0 Å². The zero-order valence-electron chi connectivity index (χ0n) is 16.4. The first kappa shape index (κ1) is 19.2. The number of ether oxygens (including phenoxy) is 1. The van der Waals surface area contributed by atoms with E-state index in [2.05, 4.69) is 10.2 Å². The third kappa shape index (κ3) is 5.03. The molecule has 148 valence electrons. The highest BCUT2D eigenvalue weighted by Gasteiger charge is 2.29. The number of nitrogens with zero attached hydrogens (tertiary/aromatic N) is 1. The Morgan fingerprint density at radius 1 is 0.893 bits per heavy atom. The Labute approximate surface area is 173 Å². The lowest BCUT2D eigenvalue weighted by Gasteiger charge is -2.38. The molecule has 2 aliphatic rings. The molecular weight excluding hydrogens is 366 g/mol. The van der Waals surface area contributed by atoms with Gasteiger partial charge in [-0.25, -0.2) is 0 Å². The topological polar surface area (TPSA) is 28.9 Å². The van der Waals surface area contributed by atoms with Gasteiger partial charge in [-0.1, -0.05) is 24.6 Å². The van der Waals surface area contributed by atoms with E-state index in [9.17, 15) is 0 Å². The number of quaternary nitrogens is 1. The molecular formula is C23H30N3OS+. The van der Waals surface area contributed by atoms with E-state index in [0.717, 1.165) is 41.4 Å². The number of nitrogens with one attached hydrogen (secondary N) is 2. The average molecular weight is 397 g/mol. The summed E-state index contributed by atoms with van der Waals surface area (Å²) in [4.78, 5) is 4.11. The minimum absolute atomic E-state index is 0.826. The molecule has 2 fully saturated rings. The summed E-state index contributed by atoms with van der Waals surface area (Å²) in [6.07, 6.45) is 7.09. The van der Waals surface area contributed by atoms with Crippen LogP contribution < -0.4 is 15.0 Å². The molecule has 2 aromatic carbocycles. The largest absolute Gasteiger partial charge is 0.457 e. The molecule has 1 aliphatic carbocycles. The number of rotatable bonds is 4. The Balaban J connectivity index is 1.26. The summed E-state index contributed by atoms with van der Waals surface area (Å²) in [5, 5.41) is 4.22. The fourth-order valence-corrected chi connectivity index (χ4v) is 4.65. The van der Waals surface area contributed by atoms with Crippen LogP contribution in [0.1, 0.15) is 32.1 Å². The molecule has 0 amide bonds. The standard InChI is InChI=1S/C23H29N3OS/c28-23(26-17-15-25(16-18-26)20-7-3-1-4-8-20)24-19-11-13-22(14-12-19)27-21-9-5-2-6-10-21/h2,5-6,9-14,20H,1,3-4,7-8,15-18H2,(H,24,28)/p+1. The van der Waals surface area contributed by atoms with Crippen molar-refractivity contribution in [2.75, 3.05) is 31.5 Å². The first-order chi connectivity index (χ1) is 13.8. The van der Waals surface area contributed by atoms with Crippen LogP contribution in [0.5, 0.6) is 11.5 Å². The lowest BCUT2D eigenvalue weighted by molar-refractivity contribution is -0.930. The minimum Gasteiger partial charge on any atom is -0.457 e. The van der Waals surface area contributed by atoms with Crippen molar-refractivity contribution in [3.05, 3.63) is 54.6 Å². The zero-order chi connectivity index (χ0) is 19.2. The van der Waals surface area contributed by atoms with Crippen LogP contribution >= 0.6 is 12.2 Å². The molecule has 1 saturated heterocycles. The van der Waals surface area contributed by atoms with E-state index in [4.69, 9.17) is 17.0 Å². The van der Waals surface area contributed by atoms with Crippen molar-refractivity contribution in [2.45, 2.75) is 38.1 Å². The average Bonchev–Trinajstić information content (AvgIpc) is 2.76. The molecule has 2 N–H and O–H groups in total. The predicted octanol–water partition coefficient (Wildman–Crippen LogP) is 3.71. The Morgan fingerprint density at radius 3 is 2.21 bits per heavy atom. The van der Waals surface area contributed by atoms with E-state index in [1.165, 1.54) is 45.2 Å². The molecule has 1 saturated carbocycles. The Hall–Kier alpha value is -2.11. The number of hydrogen-bond donors (Lipinski definition) is 2. The maximum absolute atomic E-state index is 5.85. The molecule has 0 radical (unpaired) electrons. The van der Waals surface area contributed by atoms with Gasteiger partial charge in [0.15, 0.2) is 5.11 Å². The van der Waals surface area contributed by atoms with Crippen molar-refractivity contribution >= 4 is 23.0 Å². The highest BCUT2D eigenvalue weighted by Crippen LogP contribution is 2.23.